The van der Waals surface area contributed by atoms with Crippen molar-refractivity contribution in [3.63, 3.8) is 0 Å². The van der Waals surface area contributed by atoms with Crippen LogP contribution in [0.25, 0.3) is 0 Å². The third kappa shape index (κ3) is 4.97. The van der Waals surface area contributed by atoms with E-state index in [1.807, 2.05) is 0 Å². The largest absolute Gasteiger partial charge is 0.356 e. The predicted molar refractivity (Wildman–Crippen MR) is 82.7 cm³/mol. The Bertz CT molecular complexity index is 264. The van der Waals surface area contributed by atoms with Crippen LogP contribution in [0.3, 0.4) is 0 Å². The molecule has 20 heavy (non-hydrogen) atoms. The Labute approximate surface area is 124 Å². The van der Waals surface area contributed by atoms with Gasteiger partial charge in [0.15, 0.2) is 6.29 Å². The molecule has 1 aliphatic rings. The molecule has 1 unspecified atom stereocenters. The van der Waals surface area contributed by atoms with Gasteiger partial charge >= 0.3 is 0 Å². The van der Waals surface area contributed by atoms with E-state index < -0.39 is 0 Å². The standard InChI is InChI=1S/C15H33N3O2/c1-13(2)11-17-6-8-18(9-7-17)15(3,12-16)10-14(19-4)20-5/h13-14H,6-12,16H2,1-5H3. The third-order valence-electron chi connectivity index (χ3n) is 4.33. The summed E-state index contributed by atoms with van der Waals surface area (Å²) in [5.74, 6) is 0.730. The monoisotopic (exact) mass is 287 g/mol. The molecule has 0 amide bonds. The number of methoxy groups -OCH3 is 2. The molecule has 1 aliphatic heterocycles. The first kappa shape index (κ1) is 17.9. The highest BCUT2D eigenvalue weighted by atomic mass is 16.7. The fourth-order valence-electron chi connectivity index (χ4n) is 2.95. The van der Waals surface area contributed by atoms with E-state index in [0.717, 1.165) is 38.5 Å². The van der Waals surface area contributed by atoms with Crippen LogP contribution in [0, 0.1) is 5.92 Å². The molecule has 2 N–H and O–H groups in total. The molecule has 1 atom stereocenters. The molecule has 1 saturated heterocycles. The Kier molecular flexibility index (Phi) is 7.40. The summed E-state index contributed by atoms with van der Waals surface area (Å²) in [6, 6.07) is 0. The highest BCUT2D eigenvalue weighted by Crippen LogP contribution is 2.23. The van der Waals surface area contributed by atoms with Crippen molar-refractivity contribution in [3.05, 3.63) is 0 Å². The minimum absolute atomic E-state index is 0.0550. The summed E-state index contributed by atoms with van der Waals surface area (Å²) in [6.07, 6.45) is 0.623. The summed E-state index contributed by atoms with van der Waals surface area (Å²) in [4.78, 5) is 5.04. The summed E-state index contributed by atoms with van der Waals surface area (Å²) >= 11 is 0. The van der Waals surface area contributed by atoms with Gasteiger partial charge in [0.2, 0.25) is 0 Å². The molecule has 1 heterocycles. The van der Waals surface area contributed by atoms with E-state index in [4.69, 9.17) is 15.2 Å². The molecular weight excluding hydrogens is 254 g/mol. The van der Waals surface area contributed by atoms with Crippen molar-refractivity contribution in [2.24, 2.45) is 11.7 Å². The van der Waals surface area contributed by atoms with E-state index >= 15 is 0 Å². The fourth-order valence-corrected chi connectivity index (χ4v) is 2.95. The molecule has 0 saturated carbocycles. The smallest absolute Gasteiger partial charge is 0.158 e. The van der Waals surface area contributed by atoms with Crippen molar-refractivity contribution in [2.75, 3.05) is 53.5 Å². The van der Waals surface area contributed by atoms with Crippen LogP contribution in [0.2, 0.25) is 0 Å². The maximum absolute atomic E-state index is 6.04. The molecule has 1 fully saturated rings. The minimum Gasteiger partial charge on any atom is -0.356 e. The molecule has 5 nitrogen and oxygen atoms in total. The highest BCUT2D eigenvalue weighted by molar-refractivity contribution is 4.91. The maximum Gasteiger partial charge on any atom is 0.158 e. The second kappa shape index (κ2) is 8.29. The second-order valence-corrected chi connectivity index (χ2v) is 6.49. The molecule has 5 heteroatoms. The number of rotatable bonds is 8. The SMILES string of the molecule is COC(CC(C)(CN)N1CCN(CC(C)C)CC1)OC. The van der Waals surface area contributed by atoms with E-state index in [-0.39, 0.29) is 11.8 Å². The van der Waals surface area contributed by atoms with Crippen molar-refractivity contribution in [1.29, 1.82) is 0 Å². The van der Waals surface area contributed by atoms with Gasteiger partial charge in [0.05, 0.1) is 0 Å². The van der Waals surface area contributed by atoms with Gasteiger partial charge < -0.3 is 20.1 Å². The lowest BCUT2D eigenvalue weighted by atomic mass is 9.94. The van der Waals surface area contributed by atoms with Crippen LogP contribution < -0.4 is 5.73 Å². The van der Waals surface area contributed by atoms with Gasteiger partial charge in [0.25, 0.3) is 0 Å². The molecule has 0 radical (unpaired) electrons. The number of hydrogen-bond acceptors (Lipinski definition) is 5. The van der Waals surface area contributed by atoms with Crippen LogP contribution in [0.15, 0.2) is 0 Å². The lowest BCUT2D eigenvalue weighted by molar-refractivity contribution is -0.131. The topological polar surface area (TPSA) is 51.0 Å². The van der Waals surface area contributed by atoms with Crippen LogP contribution in [0.4, 0.5) is 0 Å². The average Bonchev–Trinajstić information content (AvgIpc) is 2.44. The zero-order chi connectivity index (χ0) is 15.2. The Balaban J connectivity index is 2.54. The van der Waals surface area contributed by atoms with Gasteiger partial charge in [-0.1, -0.05) is 13.8 Å². The lowest BCUT2D eigenvalue weighted by Crippen LogP contribution is -2.60. The Morgan fingerprint density at radius 2 is 1.65 bits per heavy atom. The summed E-state index contributed by atoms with van der Waals surface area (Å²) < 4.78 is 10.7. The van der Waals surface area contributed by atoms with Gasteiger partial charge in [-0.05, 0) is 12.8 Å². The van der Waals surface area contributed by atoms with Crippen molar-refractivity contribution in [1.82, 2.24) is 9.80 Å². The summed E-state index contributed by atoms with van der Waals surface area (Å²) in [5, 5.41) is 0. The van der Waals surface area contributed by atoms with E-state index in [2.05, 4.69) is 30.6 Å². The zero-order valence-electron chi connectivity index (χ0n) is 13.9. The number of hydrogen-bond donors (Lipinski definition) is 1. The van der Waals surface area contributed by atoms with Gasteiger partial charge in [-0.3, -0.25) is 4.90 Å². The molecule has 0 spiro atoms. The highest BCUT2D eigenvalue weighted by Gasteiger charge is 2.35. The Morgan fingerprint density at radius 1 is 1.10 bits per heavy atom. The average molecular weight is 287 g/mol. The lowest BCUT2D eigenvalue weighted by Gasteiger charge is -2.46. The molecule has 120 valence electrons. The molecule has 0 bridgehead atoms. The van der Waals surface area contributed by atoms with Crippen LogP contribution >= 0.6 is 0 Å². The number of nitrogens with two attached hydrogens (primary N) is 1. The van der Waals surface area contributed by atoms with Crippen molar-refractivity contribution >= 4 is 0 Å². The van der Waals surface area contributed by atoms with E-state index in [9.17, 15) is 0 Å². The second-order valence-electron chi connectivity index (χ2n) is 6.49. The van der Waals surface area contributed by atoms with E-state index in [0.29, 0.717) is 6.54 Å². The number of ether oxygens (including phenoxy) is 2. The van der Waals surface area contributed by atoms with Crippen LogP contribution in [0.1, 0.15) is 27.2 Å². The summed E-state index contributed by atoms with van der Waals surface area (Å²) in [5.41, 5.74) is 5.99. The Morgan fingerprint density at radius 3 is 2.05 bits per heavy atom. The molecule has 0 aromatic rings. The predicted octanol–water partition coefficient (Wildman–Crippen LogP) is 0.986. The van der Waals surface area contributed by atoms with E-state index in [1.165, 1.54) is 6.54 Å². The van der Waals surface area contributed by atoms with Crippen LogP contribution in [0.5, 0.6) is 0 Å². The molecular formula is C15H33N3O2. The number of nitrogens with zero attached hydrogens (tertiary/aromatic N) is 2. The quantitative estimate of drug-likeness (QED) is 0.675. The first-order chi connectivity index (χ1) is 9.45. The molecule has 0 aromatic heterocycles. The number of piperazine rings is 1. The van der Waals surface area contributed by atoms with Crippen molar-refractivity contribution < 1.29 is 9.47 Å². The van der Waals surface area contributed by atoms with Crippen molar-refractivity contribution in [3.8, 4) is 0 Å². The first-order valence-electron chi connectivity index (χ1n) is 7.68. The molecule has 0 aromatic carbocycles. The maximum atomic E-state index is 6.04. The van der Waals surface area contributed by atoms with Gasteiger partial charge in [0, 0.05) is 65.4 Å². The Hall–Kier alpha value is -0.200. The van der Waals surface area contributed by atoms with Gasteiger partial charge in [0.1, 0.15) is 0 Å². The fraction of sp³-hybridized carbons (Fsp3) is 1.00. The van der Waals surface area contributed by atoms with E-state index in [1.54, 1.807) is 14.2 Å². The summed E-state index contributed by atoms with van der Waals surface area (Å²) in [7, 11) is 3.37. The van der Waals surface area contributed by atoms with Crippen molar-refractivity contribution in [2.45, 2.75) is 39.0 Å². The molecule has 1 rings (SSSR count). The van der Waals surface area contributed by atoms with Gasteiger partial charge in [-0.15, -0.1) is 0 Å². The van der Waals surface area contributed by atoms with Gasteiger partial charge in [-0.2, -0.15) is 0 Å². The minimum atomic E-state index is -0.183. The molecule has 0 aliphatic carbocycles. The first-order valence-corrected chi connectivity index (χ1v) is 7.68. The summed E-state index contributed by atoms with van der Waals surface area (Å²) in [6.45, 7) is 13.0. The van der Waals surface area contributed by atoms with Gasteiger partial charge in [-0.25, -0.2) is 0 Å². The third-order valence-corrected chi connectivity index (χ3v) is 4.33. The van der Waals surface area contributed by atoms with Crippen LogP contribution in [-0.2, 0) is 9.47 Å². The normalized spacial score (nSPS) is 21.6. The zero-order valence-corrected chi connectivity index (χ0v) is 13.9. The van der Waals surface area contributed by atoms with Crippen LogP contribution in [-0.4, -0.2) is 75.1 Å².